The van der Waals surface area contributed by atoms with E-state index in [0.717, 1.165) is 52.2 Å². The van der Waals surface area contributed by atoms with Gasteiger partial charge in [-0.1, -0.05) is 0 Å². The molecule has 0 spiro atoms. The molecule has 0 N–H and O–H groups in total. The zero-order valence-electron chi connectivity index (χ0n) is 11.9. The molecular weight excluding hydrogens is 248 g/mol. The van der Waals surface area contributed by atoms with Crippen molar-refractivity contribution in [1.82, 2.24) is 9.80 Å². The van der Waals surface area contributed by atoms with Crippen LogP contribution in [-0.4, -0.2) is 73.7 Å². The number of rotatable bonds is 7. The summed E-state index contributed by atoms with van der Waals surface area (Å²) in [6.45, 7) is 7.80. The van der Waals surface area contributed by atoms with Crippen molar-refractivity contribution >= 4 is 17.7 Å². The fourth-order valence-corrected chi connectivity index (χ4v) is 2.41. The fraction of sp³-hybridized carbons (Fsp3) is 0.923. The summed E-state index contributed by atoms with van der Waals surface area (Å²) in [5, 5.41) is 0.0780. The van der Waals surface area contributed by atoms with Gasteiger partial charge >= 0.3 is 0 Å². The Bertz CT molecular complexity index is 245. The molecule has 18 heavy (non-hydrogen) atoms. The molecule has 1 heterocycles. The van der Waals surface area contributed by atoms with Crippen LogP contribution in [0.25, 0.3) is 0 Å². The van der Waals surface area contributed by atoms with E-state index in [-0.39, 0.29) is 11.2 Å². The average molecular weight is 274 g/mol. The molecule has 106 valence electrons. The molecule has 5 heteroatoms. The van der Waals surface area contributed by atoms with Crippen LogP contribution in [0.3, 0.4) is 0 Å². The third kappa shape index (κ3) is 5.59. The van der Waals surface area contributed by atoms with Crippen molar-refractivity contribution < 1.29 is 9.53 Å². The number of unbranched alkanes of at least 4 members (excludes halogenated alkanes) is 1. The number of amides is 1. The third-order valence-corrected chi connectivity index (χ3v) is 4.31. The van der Waals surface area contributed by atoms with Crippen LogP contribution in [0.4, 0.5) is 0 Å². The molecule has 0 aromatic rings. The molecule has 1 aliphatic rings. The van der Waals surface area contributed by atoms with E-state index >= 15 is 0 Å². The van der Waals surface area contributed by atoms with Crippen LogP contribution in [-0.2, 0) is 9.53 Å². The number of hydrogen-bond donors (Lipinski definition) is 0. The first-order valence-electron chi connectivity index (χ1n) is 6.73. The molecule has 1 rings (SSSR count). The predicted octanol–water partition coefficient (Wildman–Crippen LogP) is 1.31. The van der Waals surface area contributed by atoms with Gasteiger partial charge in [-0.25, -0.2) is 0 Å². The number of morpholine rings is 1. The Kier molecular flexibility index (Phi) is 7.70. The van der Waals surface area contributed by atoms with Crippen molar-refractivity contribution in [1.29, 1.82) is 0 Å². The topological polar surface area (TPSA) is 32.8 Å². The van der Waals surface area contributed by atoms with Crippen LogP contribution in [0.2, 0.25) is 0 Å². The van der Waals surface area contributed by atoms with E-state index in [4.69, 9.17) is 4.74 Å². The van der Waals surface area contributed by atoms with Crippen molar-refractivity contribution in [3.8, 4) is 0 Å². The van der Waals surface area contributed by atoms with Crippen LogP contribution >= 0.6 is 11.8 Å². The summed E-state index contributed by atoms with van der Waals surface area (Å²) in [7, 11) is 1.91. The molecule has 0 bridgehead atoms. The highest BCUT2D eigenvalue weighted by Gasteiger charge is 2.16. The van der Waals surface area contributed by atoms with Crippen molar-refractivity contribution in [3.63, 3.8) is 0 Å². The highest BCUT2D eigenvalue weighted by atomic mass is 32.2. The maximum absolute atomic E-state index is 11.8. The van der Waals surface area contributed by atoms with E-state index < -0.39 is 0 Å². The number of carbonyl (C=O) groups is 1. The van der Waals surface area contributed by atoms with E-state index in [2.05, 4.69) is 4.90 Å². The number of nitrogens with zero attached hydrogens (tertiary/aromatic N) is 2. The SMILES string of the molecule is CSC(C)C(=O)N(C)CCCCN1CCOCC1. The van der Waals surface area contributed by atoms with Crippen molar-refractivity contribution in [2.24, 2.45) is 0 Å². The molecule has 1 saturated heterocycles. The monoisotopic (exact) mass is 274 g/mol. The fourth-order valence-electron chi connectivity index (χ4n) is 2.03. The smallest absolute Gasteiger partial charge is 0.235 e. The average Bonchev–Trinajstić information content (AvgIpc) is 2.42. The summed E-state index contributed by atoms with van der Waals surface area (Å²) in [4.78, 5) is 16.1. The van der Waals surface area contributed by atoms with Gasteiger partial charge in [0.15, 0.2) is 0 Å². The Labute approximate surface area is 115 Å². The lowest BCUT2D eigenvalue weighted by Crippen LogP contribution is -2.37. The Hall–Kier alpha value is -0.260. The second-order valence-corrected chi connectivity index (χ2v) is 5.98. The van der Waals surface area contributed by atoms with Gasteiger partial charge in [-0.3, -0.25) is 9.69 Å². The van der Waals surface area contributed by atoms with E-state index in [9.17, 15) is 4.79 Å². The molecule has 0 aromatic heterocycles. The molecule has 1 unspecified atom stereocenters. The molecule has 0 radical (unpaired) electrons. The van der Waals surface area contributed by atoms with Gasteiger partial charge in [-0.2, -0.15) is 11.8 Å². The van der Waals surface area contributed by atoms with Crippen molar-refractivity contribution in [2.45, 2.75) is 25.0 Å². The minimum Gasteiger partial charge on any atom is -0.379 e. The number of thioether (sulfide) groups is 1. The summed E-state index contributed by atoms with van der Waals surface area (Å²) in [5.41, 5.74) is 0. The summed E-state index contributed by atoms with van der Waals surface area (Å²) in [6.07, 6.45) is 4.22. The lowest BCUT2D eigenvalue weighted by Gasteiger charge is -2.27. The van der Waals surface area contributed by atoms with Crippen LogP contribution in [0.1, 0.15) is 19.8 Å². The summed E-state index contributed by atoms with van der Waals surface area (Å²) in [6, 6.07) is 0. The van der Waals surface area contributed by atoms with Gasteiger partial charge in [-0.05, 0) is 32.6 Å². The summed E-state index contributed by atoms with van der Waals surface area (Å²) in [5.74, 6) is 0.244. The largest absolute Gasteiger partial charge is 0.379 e. The second kappa shape index (κ2) is 8.77. The molecule has 1 fully saturated rings. The van der Waals surface area contributed by atoms with Crippen LogP contribution in [0.5, 0.6) is 0 Å². The Morgan fingerprint density at radius 1 is 1.39 bits per heavy atom. The first-order valence-corrected chi connectivity index (χ1v) is 8.02. The molecule has 1 aliphatic heterocycles. The zero-order chi connectivity index (χ0) is 13.4. The lowest BCUT2D eigenvalue weighted by molar-refractivity contribution is -0.129. The van der Waals surface area contributed by atoms with Gasteiger partial charge in [0.05, 0.1) is 18.5 Å². The molecule has 4 nitrogen and oxygen atoms in total. The van der Waals surface area contributed by atoms with Gasteiger partial charge in [0, 0.05) is 26.7 Å². The molecule has 1 atom stereocenters. The van der Waals surface area contributed by atoms with Gasteiger partial charge in [0.25, 0.3) is 0 Å². The minimum atomic E-state index is 0.0780. The number of carbonyl (C=O) groups excluding carboxylic acids is 1. The number of hydrogen-bond acceptors (Lipinski definition) is 4. The lowest BCUT2D eigenvalue weighted by atomic mass is 10.2. The van der Waals surface area contributed by atoms with E-state index in [1.165, 1.54) is 0 Å². The Balaban J connectivity index is 2.07. The first-order chi connectivity index (χ1) is 8.65. The van der Waals surface area contributed by atoms with Crippen LogP contribution < -0.4 is 0 Å². The zero-order valence-corrected chi connectivity index (χ0v) is 12.7. The maximum Gasteiger partial charge on any atom is 0.235 e. The predicted molar refractivity (Wildman–Crippen MR) is 77.1 cm³/mol. The molecule has 0 aliphatic carbocycles. The van der Waals surface area contributed by atoms with E-state index in [0.29, 0.717) is 0 Å². The molecule has 0 saturated carbocycles. The molecule has 0 aromatic carbocycles. The van der Waals surface area contributed by atoms with Gasteiger partial charge in [0.1, 0.15) is 0 Å². The van der Waals surface area contributed by atoms with E-state index in [1.54, 1.807) is 11.8 Å². The van der Waals surface area contributed by atoms with Crippen molar-refractivity contribution in [3.05, 3.63) is 0 Å². The van der Waals surface area contributed by atoms with Gasteiger partial charge < -0.3 is 9.64 Å². The molecular formula is C13H26N2O2S. The first kappa shape index (κ1) is 15.8. The van der Waals surface area contributed by atoms with Gasteiger partial charge in [0.2, 0.25) is 5.91 Å². The normalized spacial score (nSPS) is 18.6. The molecule has 1 amide bonds. The summed E-state index contributed by atoms with van der Waals surface area (Å²) < 4.78 is 5.32. The number of ether oxygens (including phenoxy) is 1. The van der Waals surface area contributed by atoms with Gasteiger partial charge in [-0.15, -0.1) is 0 Å². The van der Waals surface area contributed by atoms with Crippen molar-refractivity contribution in [2.75, 3.05) is 52.7 Å². The Morgan fingerprint density at radius 2 is 2.06 bits per heavy atom. The quantitative estimate of drug-likeness (QED) is 0.655. The minimum absolute atomic E-state index is 0.0780. The summed E-state index contributed by atoms with van der Waals surface area (Å²) >= 11 is 1.61. The van der Waals surface area contributed by atoms with Crippen LogP contribution in [0, 0.1) is 0 Å². The standard InChI is InChI=1S/C13H26N2O2S/c1-12(18-3)13(16)14(2)6-4-5-7-15-8-10-17-11-9-15/h12H,4-11H2,1-3H3. The Morgan fingerprint density at radius 3 is 2.67 bits per heavy atom. The highest BCUT2D eigenvalue weighted by molar-refractivity contribution is 7.99. The van der Waals surface area contributed by atoms with E-state index in [1.807, 2.05) is 25.1 Å². The maximum atomic E-state index is 11.8. The van der Waals surface area contributed by atoms with Crippen LogP contribution in [0.15, 0.2) is 0 Å². The third-order valence-electron chi connectivity index (χ3n) is 3.40. The second-order valence-electron chi connectivity index (χ2n) is 4.80. The highest BCUT2D eigenvalue weighted by Crippen LogP contribution is 2.09.